The van der Waals surface area contributed by atoms with Crippen LogP contribution in [0.3, 0.4) is 0 Å². The summed E-state index contributed by atoms with van der Waals surface area (Å²) in [5.41, 5.74) is 2.46. The number of fused-ring (bicyclic) bond motifs is 1. The molecule has 0 bridgehead atoms. The van der Waals surface area contributed by atoms with Crippen molar-refractivity contribution in [2.24, 2.45) is 0 Å². The van der Waals surface area contributed by atoms with Crippen LogP contribution in [0.4, 0.5) is 5.95 Å². The van der Waals surface area contributed by atoms with Crippen molar-refractivity contribution in [3.05, 3.63) is 75.5 Å². The highest BCUT2D eigenvalue weighted by Crippen LogP contribution is 2.32. The first-order valence-electron chi connectivity index (χ1n) is 8.29. The van der Waals surface area contributed by atoms with E-state index < -0.39 is 0 Å². The first-order valence-corrected chi connectivity index (χ1v) is 9.49. The Labute approximate surface area is 164 Å². The number of nitrogens with zero attached hydrogens (tertiary/aromatic N) is 1. The van der Waals surface area contributed by atoms with Gasteiger partial charge in [0.05, 0.1) is 12.6 Å². The first kappa shape index (κ1) is 17.6. The lowest BCUT2D eigenvalue weighted by molar-refractivity contribution is 0.415. The van der Waals surface area contributed by atoms with Crippen molar-refractivity contribution in [3.8, 4) is 16.2 Å². The molecule has 7 heteroatoms. The molecule has 136 valence electrons. The lowest BCUT2D eigenvalue weighted by Gasteiger charge is -2.06. The van der Waals surface area contributed by atoms with Gasteiger partial charge in [-0.3, -0.25) is 9.78 Å². The van der Waals surface area contributed by atoms with Crippen molar-refractivity contribution in [3.63, 3.8) is 0 Å². The van der Waals surface area contributed by atoms with Gasteiger partial charge in [-0.1, -0.05) is 29.8 Å². The SMILES string of the molecule is COc1ccc(-c2cc3nc(NCc4ccccc4Cl)[nH]c(=O)c3s2)cc1. The highest BCUT2D eigenvalue weighted by molar-refractivity contribution is 7.22. The molecule has 0 unspecified atom stereocenters. The standard InChI is InChI=1S/C20H16ClN3O2S/c1-26-14-8-6-12(7-9-14)17-10-16-18(27-17)19(25)24-20(23-16)22-11-13-4-2-3-5-15(13)21/h2-10H,11H2,1H3,(H2,22,23,24,25). The largest absolute Gasteiger partial charge is 0.497 e. The van der Waals surface area contributed by atoms with Crippen LogP contribution >= 0.6 is 22.9 Å². The highest BCUT2D eigenvalue weighted by Gasteiger charge is 2.11. The Kier molecular flexibility index (Phi) is 4.83. The molecule has 4 aromatic rings. The van der Waals surface area contributed by atoms with E-state index in [2.05, 4.69) is 15.3 Å². The molecule has 4 rings (SSSR count). The van der Waals surface area contributed by atoms with Crippen LogP contribution in [0.5, 0.6) is 5.75 Å². The summed E-state index contributed by atoms with van der Waals surface area (Å²) in [6, 6.07) is 17.2. The van der Waals surface area contributed by atoms with E-state index in [0.29, 0.717) is 27.7 Å². The second kappa shape index (κ2) is 7.42. The second-order valence-corrected chi connectivity index (χ2v) is 7.37. The normalized spacial score (nSPS) is 10.9. The van der Waals surface area contributed by atoms with Crippen molar-refractivity contribution in [2.75, 3.05) is 12.4 Å². The molecule has 27 heavy (non-hydrogen) atoms. The Balaban J connectivity index is 1.63. The fourth-order valence-electron chi connectivity index (χ4n) is 2.74. The van der Waals surface area contributed by atoms with E-state index in [4.69, 9.17) is 16.3 Å². The number of aromatic amines is 1. The van der Waals surface area contributed by atoms with E-state index in [-0.39, 0.29) is 5.56 Å². The first-order chi connectivity index (χ1) is 13.1. The molecule has 0 atom stereocenters. The summed E-state index contributed by atoms with van der Waals surface area (Å²) in [4.78, 5) is 20.8. The molecule has 0 aliphatic heterocycles. The quantitative estimate of drug-likeness (QED) is 0.501. The lowest BCUT2D eigenvalue weighted by atomic mass is 10.2. The van der Waals surface area contributed by atoms with E-state index in [0.717, 1.165) is 21.8 Å². The minimum Gasteiger partial charge on any atom is -0.497 e. The van der Waals surface area contributed by atoms with Gasteiger partial charge in [-0.05, 0) is 47.5 Å². The van der Waals surface area contributed by atoms with Gasteiger partial charge in [-0.2, -0.15) is 0 Å². The average molecular weight is 398 g/mol. The molecule has 0 saturated carbocycles. The number of H-pyrrole nitrogens is 1. The molecule has 0 aliphatic rings. The van der Waals surface area contributed by atoms with E-state index in [1.807, 2.05) is 54.6 Å². The summed E-state index contributed by atoms with van der Waals surface area (Å²) < 4.78 is 5.79. The van der Waals surface area contributed by atoms with E-state index in [1.165, 1.54) is 11.3 Å². The van der Waals surface area contributed by atoms with Gasteiger partial charge in [0.25, 0.3) is 5.56 Å². The number of halogens is 1. The third-order valence-electron chi connectivity index (χ3n) is 4.16. The molecule has 0 spiro atoms. The maximum atomic E-state index is 12.5. The zero-order valence-corrected chi connectivity index (χ0v) is 16.0. The average Bonchev–Trinajstić information content (AvgIpc) is 3.12. The number of hydrogen-bond donors (Lipinski definition) is 2. The van der Waals surface area contributed by atoms with Crippen LogP contribution in [-0.2, 0) is 6.54 Å². The van der Waals surface area contributed by atoms with Crippen LogP contribution < -0.4 is 15.6 Å². The van der Waals surface area contributed by atoms with Crippen LogP contribution in [0.25, 0.3) is 20.7 Å². The Morgan fingerprint density at radius 1 is 1.19 bits per heavy atom. The number of methoxy groups -OCH3 is 1. The van der Waals surface area contributed by atoms with Crippen molar-refractivity contribution in [2.45, 2.75) is 6.54 Å². The molecule has 2 heterocycles. The Bertz CT molecular complexity index is 1150. The third-order valence-corrected chi connectivity index (χ3v) is 5.70. The fourth-order valence-corrected chi connectivity index (χ4v) is 3.94. The smallest absolute Gasteiger partial charge is 0.270 e. The van der Waals surface area contributed by atoms with Gasteiger partial charge in [0.2, 0.25) is 5.95 Å². The van der Waals surface area contributed by atoms with Crippen molar-refractivity contribution >= 4 is 39.1 Å². The minimum atomic E-state index is -0.161. The van der Waals surface area contributed by atoms with Crippen LogP contribution in [0.15, 0.2) is 59.4 Å². The Morgan fingerprint density at radius 2 is 1.96 bits per heavy atom. The van der Waals surface area contributed by atoms with Crippen LogP contribution in [0, 0.1) is 0 Å². The van der Waals surface area contributed by atoms with Gasteiger partial charge in [0.1, 0.15) is 10.4 Å². The summed E-state index contributed by atoms with van der Waals surface area (Å²) >= 11 is 7.59. The number of hydrogen-bond acceptors (Lipinski definition) is 5. The van der Waals surface area contributed by atoms with Gasteiger partial charge in [-0.25, -0.2) is 4.98 Å². The van der Waals surface area contributed by atoms with Gasteiger partial charge in [-0.15, -0.1) is 11.3 Å². The number of nitrogens with one attached hydrogen (secondary N) is 2. The topological polar surface area (TPSA) is 67.0 Å². The highest BCUT2D eigenvalue weighted by atomic mass is 35.5. The molecule has 5 nitrogen and oxygen atoms in total. The van der Waals surface area contributed by atoms with Gasteiger partial charge >= 0.3 is 0 Å². The number of anilines is 1. The molecular formula is C20H16ClN3O2S. The molecule has 0 saturated heterocycles. The summed E-state index contributed by atoms with van der Waals surface area (Å²) in [6.07, 6.45) is 0. The van der Waals surface area contributed by atoms with Gasteiger partial charge in [0, 0.05) is 16.4 Å². The summed E-state index contributed by atoms with van der Waals surface area (Å²) in [7, 11) is 1.63. The third kappa shape index (κ3) is 3.67. The van der Waals surface area contributed by atoms with E-state index in [1.54, 1.807) is 7.11 Å². The zero-order chi connectivity index (χ0) is 18.8. The molecule has 0 radical (unpaired) electrons. The van der Waals surface area contributed by atoms with Crippen molar-refractivity contribution in [1.29, 1.82) is 0 Å². The van der Waals surface area contributed by atoms with Gasteiger partial charge < -0.3 is 10.1 Å². The summed E-state index contributed by atoms with van der Waals surface area (Å²) in [5, 5.41) is 3.81. The predicted molar refractivity (Wildman–Crippen MR) is 111 cm³/mol. The van der Waals surface area contributed by atoms with E-state index >= 15 is 0 Å². The number of ether oxygens (including phenoxy) is 1. The Hall–Kier alpha value is -2.83. The van der Waals surface area contributed by atoms with Crippen LogP contribution in [0.1, 0.15) is 5.56 Å². The zero-order valence-electron chi connectivity index (χ0n) is 14.5. The van der Waals surface area contributed by atoms with Crippen LogP contribution in [-0.4, -0.2) is 17.1 Å². The molecule has 0 amide bonds. The minimum absolute atomic E-state index is 0.161. The summed E-state index contributed by atoms with van der Waals surface area (Å²) in [6.45, 7) is 0.476. The molecule has 0 aliphatic carbocycles. The molecule has 2 aromatic carbocycles. The maximum absolute atomic E-state index is 12.5. The predicted octanol–water partition coefficient (Wildman–Crippen LogP) is 4.93. The Morgan fingerprint density at radius 3 is 2.70 bits per heavy atom. The van der Waals surface area contributed by atoms with Crippen LogP contribution in [0.2, 0.25) is 5.02 Å². The number of thiophene rings is 1. The molecule has 2 aromatic heterocycles. The van der Waals surface area contributed by atoms with Gasteiger partial charge in [0.15, 0.2) is 0 Å². The number of benzene rings is 2. The molecule has 0 fully saturated rings. The second-order valence-electron chi connectivity index (χ2n) is 5.91. The van der Waals surface area contributed by atoms with Crippen molar-refractivity contribution < 1.29 is 4.74 Å². The fraction of sp³-hybridized carbons (Fsp3) is 0.100. The molecular weight excluding hydrogens is 382 g/mol. The summed E-state index contributed by atoms with van der Waals surface area (Å²) in [5.74, 6) is 1.22. The number of rotatable bonds is 5. The maximum Gasteiger partial charge on any atom is 0.270 e. The number of aromatic nitrogens is 2. The molecule has 2 N–H and O–H groups in total. The van der Waals surface area contributed by atoms with Crippen molar-refractivity contribution in [1.82, 2.24) is 9.97 Å². The monoisotopic (exact) mass is 397 g/mol. The van der Waals surface area contributed by atoms with E-state index in [9.17, 15) is 4.79 Å². The lowest BCUT2D eigenvalue weighted by Crippen LogP contribution is -2.12.